The van der Waals surface area contributed by atoms with Gasteiger partial charge in [-0.3, -0.25) is 0 Å². The van der Waals surface area contributed by atoms with E-state index in [0.29, 0.717) is 0 Å². The summed E-state index contributed by atoms with van der Waals surface area (Å²) in [5.74, 6) is 0. The lowest BCUT2D eigenvalue weighted by atomic mass is 10.2. The molecule has 0 aliphatic carbocycles. The average Bonchev–Trinajstić information content (AvgIpc) is 2.45. The van der Waals surface area contributed by atoms with E-state index in [0.717, 1.165) is 0 Å². The van der Waals surface area contributed by atoms with E-state index in [1.165, 1.54) is 30.7 Å². The van der Waals surface area contributed by atoms with Crippen LogP contribution in [0.25, 0.3) is 0 Å². The third-order valence-electron chi connectivity index (χ3n) is 4.23. The molecule has 24 heavy (non-hydrogen) atoms. The van der Waals surface area contributed by atoms with E-state index in [2.05, 4.69) is 27.7 Å². The van der Waals surface area contributed by atoms with Crippen LogP contribution in [-0.2, 0) is 10.1 Å². The smallest absolute Gasteiger partial charge is 0.389 e. The monoisotopic (exact) mass is 385 g/mol. The molecule has 0 aromatic carbocycles. The molecule has 0 amide bonds. The number of alkyl halides is 5. The molecule has 0 bridgehead atoms. The van der Waals surface area contributed by atoms with Crippen LogP contribution in [0.2, 0.25) is 0 Å². The van der Waals surface area contributed by atoms with Crippen molar-refractivity contribution in [3.63, 3.8) is 0 Å². The van der Waals surface area contributed by atoms with Gasteiger partial charge >= 0.3 is 11.4 Å². The van der Waals surface area contributed by atoms with Crippen molar-refractivity contribution in [1.29, 1.82) is 0 Å². The Morgan fingerprint density at radius 2 is 1.12 bits per heavy atom. The van der Waals surface area contributed by atoms with Gasteiger partial charge < -0.3 is 9.04 Å². The lowest BCUT2D eigenvalue weighted by molar-refractivity contribution is -0.921. The standard InChI is InChI=1S/C8H20N.C6H9F5O3S/c1-5-9(6-2,7-3)8-4;7-5(8,9)3-1-2-4-6(10,11)15(12,13)14/h5-8H2,1-4H3;1-4H2,(H,12,13,14)/q+1;/p-1. The van der Waals surface area contributed by atoms with Gasteiger partial charge in [-0.1, -0.05) is 0 Å². The first-order valence-corrected chi connectivity index (χ1v) is 9.36. The molecule has 0 aromatic heterocycles. The van der Waals surface area contributed by atoms with Crippen LogP contribution in [0.3, 0.4) is 0 Å². The third-order valence-corrected chi connectivity index (χ3v) is 5.16. The van der Waals surface area contributed by atoms with Gasteiger partial charge in [0.05, 0.1) is 26.2 Å². The molecule has 0 saturated heterocycles. The van der Waals surface area contributed by atoms with Gasteiger partial charge in [-0.05, 0) is 40.5 Å². The summed E-state index contributed by atoms with van der Waals surface area (Å²) >= 11 is 0. The highest BCUT2D eigenvalue weighted by atomic mass is 32.2. The van der Waals surface area contributed by atoms with E-state index >= 15 is 0 Å². The second kappa shape index (κ2) is 10.5. The summed E-state index contributed by atoms with van der Waals surface area (Å²) in [6.07, 6.45) is -8.43. The zero-order valence-corrected chi connectivity index (χ0v) is 15.4. The van der Waals surface area contributed by atoms with Crippen molar-refractivity contribution >= 4 is 10.1 Å². The Kier molecular flexibility index (Phi) is 11.3. The predicted octanol–water partition coefficient (Wildman–Crippen LogP) is 4.13. The molecule has 0 heterocycles. The van der Waals surface area contributed by atoms with E-state index in [-0.39, 0.29) is 0 Å². The molecule has 0 N–H and O–H groups in total. The van der Waals surface area contributed by atoms with Crippen molar-refractivity contribution in [2.45, 2.75) is 64.8 Å². The van der Waals surface area contributed by atoms with Gasteiger partial charge in [0.15, 0.2) is 10.1 Å². The maximum absolute atomic E-state index is 12.4. The molecule has 0 rings (SSSR count). The second-order valence-corrected chi connectivity index (χ2v) is 7.03. The van der Waals surface area contributed by atoms with Crippen LogP contribution < -0.4 is 0 Å². The minimum atomic E-state index is -5.78. The molecule has 0 atom stereocenters. The van der Waals surface area contributed by atoms with Gasteiger partial charge in [0.25, 0.3) is 0 Å². The predicted molar refractivity (Wildman–Crippen MR) is 81.6 cm³/mol. The number of quaternary nitrogens is 1. The Labute approximate surface area is 141 Å². The Balaban J connectivity index is 0. The van der Waals surface area contributed by atoms with Gasteiger partial charge in [-0.25, -0.2) is 8.42 Å². The Morgan fingerprint density at radius 1 is 0.792 bits per heavy atom. The van der Waals surface area contributed by atoms with Crippen LogP contribution in [0.4, 0.5) is 22.0 Å². The van der Waals surface area contributed by atoms with Crippen LogP contribution >= 0.6 is 0 Å². The molecule has 0 radical (unpaired) electrons. The number of rotatable bonds is 9. The molecule has 0 saturated carbocycles. The molecule has 0 fully saturated rings. The molecule has 4 nitrogen and oxygen atoms in total. The van der Waals surface area contributed by atoms with Crippen molar-refractivity contribution in [3.05, 3.63) is 0 Å². The van der Waals surface area contributed by atoms with Crippen LogP contribution in [0.5, 0.6) is 0 Å². The van der Waals surface area contributed by atoms with Gasteiger partial charge in [0.1, 0.15) is 0 Å². The van der Waals surface area contributed by atoms with Gasteiger partial charge in [-0.15, -0.1) is 0 Å². The maximum Gasteiger partial charge on any atom is 0.389 e. The van der Waals surface area contributed by atoms with Crippen LogP contribution in [-0.4, -0.2) is 55.1 Å². The summed E-state index contributed by atoms with van der Waals surface area (Å²) in [5.41, 5.74) is 0. The molecule has 0 aromatic rings. The van der Waals surface area contributed by atoms with Crippen LogP contribution in [0.15, 0.2) is 0 Å². The number of nitrogens with zero attached hydrogens (tertiary/aromatic N) is 1. The van der Waals surface area contributed by atoms with Crippen molar-refractivity contribution < 1.29 is 39.4 Å². The van der Waals surface area contributed by atoms with Crippen molar-refractivity contribution in [2.75, 3.05) is 26.2 Å². The normalized spacial score (nSPS) is 13.4. The van der Waals surface area contributed by atoms with E-state index < -0.39 is 47.2 Å². The number of hydrogen-bond acceptors (Lipinski definition) is 3. The summed E-state index contributed by atoms with van der Waals surface area (Å²) in [6, 6.07) is 0. The molecule has 0 aliphatic heterocycles. The lowest BCUT2D eigenvalue weighted by Gasteiger charge is -2.34. The Hall–Kier alpha value is -0.480. The quantitative estimate of drug-likeness (QED) is 0.260. The first-order valence-electron chi connectivity index (χ1n) is 7.95. The van der Waals surface area contributed by atoms with Gasteiger partial charge in [0.2, 0.25) is 0 Å². The Bertz CT molecular complexity index is 417. The highest BCUT2D eigenvalue weighted by Crippen LogP contribution is 2.29. The first kappa shape index (κ1) is 25.8. The fraction of sp³-hybridized carbons (Fsp3) is 1.00. The van der Waals surface area contributed by atoms with E-state index in [4.69, 9.17) is 0 Å². The second-order valence-electron chi connectivity index (χ2n) is 5.52. The molecular formula is C14H28F5NO3S. The third kappa shape index (κ3) is 10.4. The fourth-order valence-electron chi connectivity index (χ4n) is 2.12. The van der Waals surface area contributed by atoms with Gasteiger partial charge in [0, 0.05) is 12.8 Å². The molecule has 0 spiro atoms. The average molecular weight is 385 g/mol. The largest absolute Gasteiger partial charge is 0.743 e. The molecular weight excluding hydrogens is 357 g/mol. The summed E-state index contributed by atoms with van der Waals surface area (Å²) in [6.45, 7) is 14.2. The highest BCUT2D eigenvalue weighted by molar-refractivity contribution is 7.86. The highest BCUT2D eigenvalue weighted by Gasteiger charge is 2.37. The van der Waals surface area contributed by atoms with Crippen molar-refractivity contribution in [2.24, 2.45) is 0 Å². The van der Waals surface area contributed by atoms with E-state index in [1.54, 1.807) is 0 Å². The summed E-state index contributed by atoms with van der Waals surface area (Å²) in [4.78, 5) is 0. The van der Waals surface area contributed by atoms with Crippen LogP contribution in [0.1, 0.15) is 53.4 Å². The number of halogens is 5. The molecule has 10 heteroatoms. The molecule has 148 valence electrons. The topological polar surface area (TPSA) is 57.2 Å². The maximum atomic E-state index is 12.4. The SMILES string of the molecule is CC[N+](CC)(CC)CC.O=S(=O)([O-])C(F)(F)CCCCC(F)(F)F. The Morgan fingerprint density at radius 3 is 1.33 bits per heavy atom. The van der Waals surface area contributed by atoms with Gasteiger partial charge in [-0.2, -0.15) is 22.0 Å². The lowest BCUT2D eigenvalue weighted by Crippen LogP contribution is -2.47. The van der Waals surface area contributed by atoms with Crippen molar-refractivity contribution in [1.82, 2.24) is 0 Å². The zero-order chi connectivity index (χ0) is 19.7. The van der Waals surface area contributed by atoms with E-state index in [1.807, 2.05) is 0 Å². The minimum absolute atomic E-state index is 0.630. The summed E-state index contributed by atoms with van der Waals surface area (Å²) in [7, 11) is -5.78. The van der Waals surface area contributed by atoms with Crippen LogP contribution in [0, 0.1) is 0 Å². The fourth-order valence-corrected chi connectivity index (χ4v) is 2.52. The molecule has 0 aliphatic rings. The summed E-state index contributed by atoms with van der Waals surface area (Å²) in [5, 5.41) is -4.49. The first-order chi connectivity index (χ1) is 10.7. The molecule has 0 unspecified atom stereocenters. The number of unbranched alkanes of at least 4 members (excludes halogenated alkanes) is 1. The zero-order valence-electron chi connectivity index (χ0n) is 14.6. The minimum Gasteiger partial charge on any atom is -0.743 e. The summed E-state index contributed by atoms with van der Waals surface area (Å²) < 4.78 is 90.4. The van der Waals surface area contributed by atoms with E-state index in [9.17, 15) is 34.9 Å². The number of hydrogen-bond donors (Lipinski definition) is 0. The van der Waals surface area contributed by atoms with Crippen molar-refractivity contribution in [3.8, 4) is 0 Å².